The second kappa shape index (κ2) is 2.60. The van der Waals surface area contributed by atoms with Crippen LogP contribution in [0.2, 0.25) is 0 Å². The van der Waals surface area contributed by atoms with Gasteiger partial charge in [0.2, 0.25) is 0 Å². The summed E-state index contributed by atoms with van der Waals surface area (Å²) in [5.74, 6) is 1.80. The summed E-state index contributed by atoms with van der Waals surface area (Å²) in [5.41, 5.74) is 5.50. The van der Waals surface area contributed by atoms with Gasteiger partial charge in [-0.2, -0.15) is 0 Å². The molecule has 2 N–H and O–H groups in total. The van der Waals surface area contributed by atoms with Gasteiger partial charge in [-0.1, -0.05) is 18.7 Å². The van der Waals surface area contributed by atoms with E-state index in [0.29, 0.717) is 12.0 Å². The molecule has 3 heteroatoms. The zero-order chi connectivity index (χ0) is 6.85. The minimum atomic E-state index is 0.422. The molecule has 0 saturated carbocycles. The minimum Gasteiger partial charge on any atom is -0.379 e. The standard InChI is InChI=1S/C6H12N2S/c1-4-3-9-6(7)8-5(4)2/h4-5H,3H2,1-2H3,(H2,7,8)/t4-,5-/m1/s1. The molecule has 2 atom stereocenters. The molecule has 2 nitrogen and oxygen atoms in total. The molecule has 1 aliphatic rings. The van der Waals surface area contributed by atoms with Gasteiger partial charge in [-0.3, -0.25) is 4.99 Å². The van der Waals surface area contributed by atoms with Crippen LogP contribution in [0.4, 0.5) is 0 Å². The van der Waals surface area contributed by atoms with E-state index in [9.17, 15) is 0 Å². The van der Waals surface area contributed by atoms with E-state index >= 15 is 0 Å². The van der Waals surface area contributed by atoms with Gasteiger partial charge in [0.1, 0.15) is 0 Å². The van der Waals surface area contributed by atoms with E-state index in [1.165, 1.54) is 0 Å². The van der Waals surface area contributed by atoms with Crippen molar-refractivity contribution < 1.29 is 0 Å². The number of aliphatic imine (C=N–C) groups is 1. The Balaban J connectivity index is 2.58. The third kappa shape index (κ3) is 1.61. The molecule has 9 heavy (non-hydrogen) atoms. The number of amidine groups is 1. The second-order valence-electron chi connectivity index (χ2n) is 2.50. The maximum Gasteiger partial charge on any atom is 0.154 e. The minimum absolute atomic E-state index is 0.422. The Morgan fingerprint density at radius 1 is 1.67 bits per heavy atom. The Labute approximate surface area is 59.9 Å². The highest BCUT2D eigenvalue weighted by molar-refractivity contribution is 8.13. The third-order valence-electron chi connectivity index (χ3n) is 1.65. The molecule has 0 bridgehead atoms. The molecular weight excluding hydrogens is 132 g/mol. The molecule has 0 aromatic heterocycles. The lowest BCUT2D eigenvalue weighted by atomic mass is 10.1. The first-order valence-electron chi connectivity index (χ1n) is 3.16. The molecule has 0 saturated heterocycles. The number of thioether (sulfide) groups is 1. The lowest BCUT2D eigenvalue weighted by Gasteiger charge is -2.20. The first kappa shape index (κ1) is 6.93. The van der Waals surface area contributed by atoms with Crippen LogP contribution in [0, 0.1) is 5.92 Å². The smallest absolute Gasteiger partial charge is 0.154 e. The van der Waals surface area contributed by atoms with Crippen LogP contribution in [0.5, 0.6) is 0 Å². The summed E-state index contributed by atoms with van der Waals surface area (Å²) in [6, 6.07) is 0.422. The van der Waals surface area contributed by atoms with Crippen molar-refractivity contribution in [3.05, 3.63) is 0 Å². The van der Waals surface area contributed by atoms with Crippen LogP contribution < -0.4 is 5.73 Å². The Morgan fingerprint density at radius 3 is 2.78 bits per heavy atom. The normalized spacial score (nSPS) is 36.0. The van der Waals surface area contributed by atoms with E-state index < -0.39 is 0 Å². The Hall–Kier alpha value is -0.180. The Kier molecular flexibility index (Phi) is 2.01. The van der Waals surface area contributed by atoms with Crippen LogP contribution in [0.15, 0.2) is 4.99 Å². The van der Waals surface area contributed by atoms with Crippen molar-refractivity contribution in [2.24, 2.45) is 16.6 Å². The monoisotopic (exact) mass is 144 g/mol. The highest BCUT2D eigenvalue weighted by Gasteiger charge is 2.16. The van der Waals surface area contributed by atoms with Gasteiger partial charge >= 0.3 is 0 Å². The fourth-order valence-corrected chi connectivity index (χ4v) is 1.67. The van der Waals surface area contributed by atoms with Crippen LogP contribution in [-0.2, 0) is 0 Å². The van der Waals surface area contributed by atoms with E-state index in [4.69, 9.17) is 5.73 Å². The number of nitrogens with zero attached hydrogens (tertiary/aromatic N) is 1. The maximum atomic E-state index is 5.50. The number of nitrogens with two attached hydrogens (primary N) is 1. The van der Waals surface area contributed by atoms with Crippen molar-refractivity contribution >= 4 is 16.9 Å². The number of rotatable bonds is 0. The second-order valence-corrected chi connectivity index (χ2v) is 3.54. The van der Waals surface area contributed by atoms with E-state index in [-0.39, 0.29) is 0 Å². The molecule has 0 aromatic rings. The van der Waals surface area contributed by atoms with Gasteiger partial charge in [-0.15, -0.1) is 0 Å². The predicted molar refractivity (Wildman–Crippen MR) is 42.7 cm³/mol. The average molecular weight is 144 g/mol. The molecule has 0 aromatic carbocycles. The van der Waals surface area contributed by atoms with Crippen molar-refractivity contribution in [3.8, 4) is 0 Å². The summed E-state index contributed by atoms with van der Waals surface area (Å²) < 4.78 is 0. The summed E-state index contributed by atoms with van der Waals surface area (Å²) >= 11 is 1.66. The average Bonchev–Trinajstić information content (AvgIpc) is 1.80. The molecule has 1 aliphatic heterocycles. The number of hydrogen-bond donors (Lipinski definition) is 1. The summed E-state index contributed by atoms with van der Waals surface area (Å²) in [4.78, 5) is 4.22. The van der Waals surface area contributed by atoms with Crippen molar-refractivity contribution in [2.45, 2.75) is 19.9 Å². The number of hydrogen-bond acceptors (Lipinski definition) is 3. The Morgan fingerprint density at radius 2 is 2.33 bits per heavy atom. The van der Waals surface area contributed by atoms with Crippen molar-refractivity contribution in [1.82, 2.24) is 0 Å². The molecule has 0 unspecified atom stereocenters. The SMILES string of the molecule is C[C@@H]1CSC(N)=N[C@@H]1C. The summed E-state index contributed by atoms with van der Waals surface area (Å²) in [7, 11) is 0. The van der Waals surface area contributed by atoms with Crippen LogP contribution >= 0.6 is 11.8 Å². The fraction of sp³-hybridized carbons (Fsp3) is 0.833. The van der Waals surface area contributed by atoms with Crippen LogP contribution in [0.3, 0.4) is 0 Å². The van der Waals surface area contributed by atoms with E-state index in [1.807, 2.05) is 0 Å². The van der Waals surface area contributed by atoms with Gasteiger partial charge < -0.3 is 5.73 Å². The predicted octanol–water partition coefficient (Wildman–Crippen LogP) is 1.07. The zero-order valence-corrected chi connectivity index (χ0v) is 6.61. The first-order chi connectivity index (χ1) is 4.20. The van der Waals surface area contributed by atoms with Crippen molar-refractivity contribution in [3.63, 3.8) is 0 Å². The van der Waals surface area contributed by atoms with Gasteiger partial charge in [0.25, 0.3) is 0 Å². The molecule has 0 spiro atoms. The maximum absolute atomic E-state index is 5.50. The summed E-state index contributed by atoms with van der Waals surface area (Å²) in [6.07, 6.45) is 0. The largest absolute Gasteiger partial charge is 0.379 e. The summed E-state index contributed by atoms with van der Waals surface area (Å²) in [5, 5.41) is 0.751. The lowest BCUT2D eigenvalue weighted by molar-refractivity contribution is 0.536. The highest BCUT2D eigenvalue weighted by Crippen LogP contribution is 2.19. The fourth-order valence-electron chi connectivity index (χ4n) is 0.721. The zero-order valence-electron chi connectivity index (χ0n) is 5.79. The van der Waals surface area contributed by atoms with E-state index in [2.05, 4.69) is 18.8 Å². The van der Waals surface area contributed by atoms with E-state index in [1.54, 1.807) is 11.8 Å². The van der Waals surface area contributed by atoms with Gasteiger partial charge in [-0.25, -0.2) is 0 Å². The van der Waals surface area contributed by atoms with Crippen molar-refractivity contribution in [2.75, 3.05) is 5.75 Å². The molecule has 0 amide bonds. The molecular formula is C6H12N2S. The molecule has 0 radical (unpaired) electrons. The third-order valence-corrected chi connectivity index (χ3v) is 2.74. The quantitative estimate of drug-likeness (QED) is 0.552. The Bertz CT molecular complexity index is 133. The van der Waals surface area contributed by atoms with Crippen LogP contribution in [-0.4, -0.2) is 17.0 Å². The van der Waals surface area contributed by atoms with E-state index in [0.717, 1.165) is 10.9 Å². The molecule has 1 heterocycles. The molecule has 0 aliphatic carbocycles. The molecule has 0 fully saturated rings. The van der Waals surface area contributed by atoms with Gasteiger partial charge in [-0.05, 0) is 12.8 Å². The van der Waals surface area contributed by atoms with Crippen molar-refractivity contribution in [1.29, 1.82) is 0 Å². The van der Waals surface area contributed by atoms with Gasteiger partial charge in [0, 0.05) is 5.75 Å². The molecule has 52 valence electrons. The van der Waals surface area contributed by atoms with Gasteiger partial charge in [0.15, 0.2) is 5.17 Å². The topological polar surface area (TPSA) is 38.4 Å². The van der Waals surface area contributed by atoms with Gasteiger partial charge in [0.05, 0.1) is 6.04 Å². The van der Waals surface area contributed by atoms with Crippen LogP contribution in [0.1, 0.15) is 13.8 Å². The lowest BCUT2D eigenvalue weighted by Crippen LogP contribution is -2.25. The summed E-state index contributed by atoms with van der Waals surface area (Å²) in [6.45, 7) is 4.31. The first-order valence-corrected chi connectivity index (χ1v) is 4.15. The highest BCUT2D eigenvalue weighted by atomic mass is 32.2. The van der Waals surface area contributed by atoms with Crippen LogP contribution in [0.25, 0.3) is 0 Å². The molecule has 1 rings (SSSR count).